The number of pyridine rings is 1. The van der Waals surface area contributed by atoms with Crippen molar-refractivity contribution in [3.63, 3.8) is 0 Å². The van der Waals surface area contributed by atoms with E-state index in [2.05, 4.69) is 10.3 Å². The minimum atomic E-state index is -5.08. The molecule has 0 bridgehead atoms. The quantitative estimate of drug-likeness (QED) is 0.257. The van der Waals surface area contributed by atoms with E-state index in [4.69, 9.17) is 15.6 Å². The molecule has 10 nitrogen and oxygen atoms in total. The Kier molecular flexibility index (Phi) is 13.9. The molecule has 3 amide bonds. The topological polar surface area (TPSA) is 160 Å². The average molecular weight is 611 g/mol. The Labute approximate surface area is 233 Å². The standard InChI is InChI=1S/C22H23F3N4O4S.C2HF3O2/c23-22(24,25)18(30)14-34-11-5-9-17(26)21(33)29(16-8-4-10-27-12-16)19(31)13-28-20(32)15-6-2-1-3-7-15;3-2(4,5)1(6)7/h1-4,6-8,10,12,17H,5,9,11,13-14,26H2,(H,28,32);(H,6,7)/t17-;/m0./s1. The lowest BCUT2D eigenvalue weighted by Crippen LogP contribution is -2.50. The number of carboxylic acid groups (broad SMARTS) is 1. The van der Waals surface area contributed by atoms with Gasteiger partial charge in [-0.05, 0) is 42.9 Å². The Morgan fingerprint density at radius 1 is 0.976 bits per heavy atom. The van der Waals surface area contributed by atoms with E-state index in [0.29, 0.717) is 5.56 Å². The number of nitrogens with one attached hydrogen (secondary N) is 1. The van der Waals surface area contributed by atoms with E-state index in [0.717, 1.165) is 16.7 Å². The number of thioether (sulfide) groups is 1. The largest absolute Gasteiger partial charge is 0.490 e. The normalized spacial score (nSPS) is 11.9. The van der Waals surface area contributed by atoms with E-state index in [9.17, 15) is 45.5 Å². The number of nitrogens with two attached hydrogens (primary N) is 1. The number of benzene rings is 1. The lowest BCUT2D eigenvalue weighted by atomic mass is 10.1. The molecule has 0 saturated carbocycles. The number of alkyl halides is 6. The number of Topliss-reactive ketones (excluding diaryl/α,β-unsaturated/α-hetero) is 1. The number of imide groups is 1. The molecular weight excluding hydrogens is 586 g/mol. The van der Waals surface area contributed by atoms with Crippen LogP contribution in [0.15, 0.2) is 54.9 Å². The molecule has 0 unspecified atom stereocenters. The molecule has 41 heavy (non-hydrogen) atoms. The van der Waals surface area contributed by atoms with Crippen LogP contribution in [-0.2, 0) is 19.2 Å². The highest BCUT2D eigenvalue weighted by molar-refractivity contribution is 7.99. The smallest absolute Gasteiger partial charge is 0.475 e. The van der Waals surface area contributed by atoms with Crippen LogP contribution in [0.5, 0.6) is 0 Å². The molecule has 1 atom stereocenters. The van der Waals surface area contributed by atoms with Crippen molar-refractivity contribution < 1.29 is 55.4 Å². The number of nitrogens with zero attached hydrogens (tertiary/aromatic N) is 2. The van der Waals surface area contributed by atoms with Crippen LogP contribution in [0.3, 0.4) is 0 Å². The molecule has 0 fully saturated rings. The van der Waals surface area contributed by atoms with E-state index in [1.165, 1.54) is 24.5 Å². The Balaban J connectivity index is 0.00000106. The van der Waals surface area contributed by atoms with E-state index < -0.39 is 60.2 Å². The van der Waals surface area contributed by atoms with Gasteiger partial charge in [-0.15, -0.1) is 0 Å². The number of aromatic nitrogens is 1. The summed E-state index contributed by atoms with van der Waals surface area (Å²) >= 11 is 0.788. The van der Waals surface area contributed by atoms with Crippen molar-refractivity contribution in [3.05, 3.63) is 60.4 Å². The molecule has 17 heteroatoms. The number of amides is 3. The SMILES string of the molecule is N[C@@H](CCCSCC(=O)C(F)(F)F)C(=O)N(C(=O)CNC(=O)c1ccccc1)c1cccnc1.O=C(O)C(F)(F)F. The van der Waals surface area contributed by atoms with Gasteiger partial charge < -0.3 is 16.2 Å². The van der Waals surface area contributed by atoms with Crippen molar-refractivity contribution in [2.75, 3.05) is 23.0 Å². The van der Waals surface area contributed by atoms with Gasteiger partial charge in [-0.25, -0.2) is 9.69 Å². The third-order valence-corrected chi connectivity index (χ3v) is 5.77. The van der Waals surface area contributed by atoms with Crippen LogP contribution in [-0.4, -0.2) is 76.0 Å². The highest BCUT2D eigenvalue weighted by Gasteiger charge is 2.38. The molecule has 0 aliphatic carbocycles. The van der Waals surface area contributed by atoms with E-state index in [1.54, 1.807) is 30.3 Å². The Morgan fingerprint density at radius 2 is 1.59 bits per heavy atom. The van der Waals surface area contributed by atoms with Gasteiger partial charge in [-0.1, -0.05) is 18.2 Å². The fourth-order valence-electron chi connectivity index (χ4n) is 2.75. The first kappa shape index (κ1) is 35.0. The van der Waals surface area contributed by atoms with E-state index in [1.807, 2.05) is 0 Å². The second-order valence-corrected chi connectivity index (χ2v) is 8.96. The summed E-state index contributed by atoms with van der Waals surface area (Å²) in [5.41, 5.74) is 6.44. The fourth-order valence-corrected chi connectivity index (χ4v) is 3.61. The summed E-state index contributed by atoms with van der Waals surface area (Å²) < 4.78 is 68.4. The highest BCUT2D eigenvalue weighted by atomic mass is 32.2. The van der Waals surface area contributed by atoms with Gasteiger partial charge in [0, 0.05) is 11.8 Å². The second-order valence-electron chi connectivity index (χ2n) is 7.85. The number of carboxylic acids is 1. The molecule has 1 aromatic heterocycles. The van der Waals surface area contributed by atoms with Crippen molar-refractivity contribution in [3.8, 4) is 0 Å². The number of rotatable bonds is 11. The molecule has 0 aliphatic heterocycles. The molecular formula is C24H24F6N4O6S. The summed E-state index contributed by atoms with van der Waals surface area (Å²) in [6, 6.07) is 10.1. The molecule has 0 aliphatic rings. The summed E-state index contributed by atoms with van der Waals surface area (Å²) in [6.07, 6.45) is -6.89. The summed E-state index contributed by atoms with van der Waals surface area (Å²) in [5, 5.41) is 9.58. The molecule has 2 rings (SSSR count). The minimum absolute atomic E-state index is 0.0759. The van der Waals surface area contributed by atoms with Gasteiger partial charge in [0.15, 0.2) is 0 Å². The van der Waals surface area contributed by atoms with Crippen molar-refractivity contribution in [2.24, 2.45) is 5.73 Å². The molecule has 2 aromatic rings. The van der Waals surface area contributed by atoms with Crippen LogP contribution >= 0.6 is 11.8 Å². The zero-order valence-corrected chi connectivity index (χ0v) is 21.8. The maximum atomic E-state index is 12.9. The van der Waals surface area contributed by atoms with Crippen LogP contribution in [0, 0.1) is 0 Å². The van der Waals surface area contributed by atoms with Crippen LogP contribution < -0.4 is 16.0 Å². The maximum Gasteiger partial charge on any atom is 0.490 e. The first-order valence-corrected chi connectivity index (χ1v) is 12.5. The van der Waals surface area contributed by atoms with Crippen LogP contribution in [0.2, 0.25) is 0 Å². The first-order valence-electron chi connectivity index (χ1n) is 11.4. The molecule has 1 heterocycles. The van der Waals surface area contributed by atoms with Gasteiger partial charge in [0.1, 0.15) is 0 Å². The summed E-state index contributed by atoms with van der Waals surface area (Å²) in [7, 11) is 0. The van der Waals surface area contributed by atoms with Gasteiger partial charge in [-0.2, -0.15) is 38.1 Å². The highest BCUT2D eigenvalue weighted by Crippen LogP contribution is 2.20. The number of hydrogen-bond acceptors (Lipinski definition) is 8. The third kappa shape index (κ3) is 12.8. The molecule has 0 radical (unpaired) electrons. The summed E-state index contributed by atoms with van der Waals surface area (Å²) in [5.74, 6) is -7.10. The number of carbonyl (C=O) groups is 5. The van der Waals surface area contributed by atoms with Crippen LogP contribution in [0.4, 0.5) is 32.0 Å². The van der Waals surface area contributed by atoms with Crippen LogP contribution in [0.1, 0.15) is 23.2 Å². The molecule has 224 valence electrons. The fraction of sp³-hybridized carbons (Fsp3) is 0.333. The van der Waals surface area contributed by atoms with Gasteiger partial charge in [0.25, 0.3) is 17.7 Å². The van der Waals surface area contributed by atoms with E-state index in [-0.39, 0.29) is 24.3 Å². The van der Waals surface area contributed by atoms with Gasteiger partial charge in [0.2, 0.25) is 5.78 Å². The lowest BCUT2D eigenvalue weighted by molar-refractivity contribution is -0.192. The molecule has 4 N–H and O–H groups in total. The van der Waals surface area contributed by atoms with Crippen molar-refractivity contribution in [2.45, 2.75) is 31.2 Å². The number of halogens is 6. The lowest BCUT2D eigenvalue weighted by Gasteiger charge is -2.24. The zero-order chi connectivity index (χ0) is 31.2. The van der Waals surface area contributed by atoms with Crippen LogP contribution in [0.25, 0.3) is 0 Å². The Morgan fingerprint density at radius 3 is 2.10 bits per heavy atom. The Hall–Kier alpha value is -3.99. The van der Waals surface area contributed by atoms with Crippen molar-refractivity contribution >= 4 is 46.9 Å². The number of ketones is 1. The second kappa shape index (κ2) is 16.3. The Bertz CT molecular complexity index is 1180. The molecule has 0 saturated heterocycles. The van der Waals surface area contributed by atoms with Gasteiger partial charge >= 0.3 is 18.3 Å². The third-order valence-electron chi connectivity index (χ3n) is 4.72. The van der Waals surface area contributed by atoms with Crippen molar-refractivity contribution in [1.82, 2.24) is 10.3 Å². The van der Waals surface area contributed by atoms with E-state index >= 15 is 0 Å². The predicted molar refractivity (Wildman–Crippen MR) is 135 cm³/mol. The average Bonchev–Trinajstić information content (AvgIpc) is 2.91. The minimum Gasteiger partial charge on any atom is -0.475 e. The number of anilines is 1. The van der Waals surface area contributed by atoms with Gasteiger partial charge in [-0.3, -0.25) is 24.2 Å². The predicted octanol–water partition coefficient (Wildman–Crippen LogP) is 2.98. The maximum absolute atomic E-state index is 12.9. The summed E-state index contributed by atoms with van der Waals surface area (Å²) in [6.45, 7) is -0.476. The number of aliphatic carboxylic acids is 1. The van der Waals surface area contributed by atoms with Gasteiger partial charge in [0.05, 0.1) is 30.2 Å². The molecule has 1 aromatic carbocycles. The molecule has 0 spiro atoms. The monoisotopic (exact) mass is 610 g/mol. The van der Waals surface area contributed by atoms with Crippen molar-refractivity contribution in [1.29, 1.82) is 0 Å². The first-order chi connectivity index (χ1) is 19.1. The summed E-state index contributed by atoms with van der Waals surface area (Å²) in [4.78, 5) is 62.5. The number of hydrogen-bond donors (Lipinski definition) is 3. The zero-order valence-electron chi connectivity index (χ0n) is 20.9. The number of carbonyl (C=O) groups excluding carboxylic acids is 4.